The number of fused-ring (bicyclic) bond motifs is 1. The van der Waals surface area contributed by atoms with Crippen LogP contribution in [0.15, 0.2) is 18.2 Å². The van der Waals surface area contributed by atoms with E-state index in [1.165, 1.54) is 11.3 Å². The molecular formula is C9H8FNOS. The van der Waals surface area contributed by atoms with Crippen LogP contribution in [0, 0.1) is 0 Å². The van der Waals surface area contributed by atoms with E-state index in [2.05, 4.69) is 4.98 Å². The molecule has 0 aliphatic carbocycles. The maximum absolute atomic E-state index is 12.3. The minimum atomic E-state index is -0.498. The first-order valence-electron chi connectivity index (χ1n) is 3.83. The average molecular weight is 197 g/mol. The monoisotopic (exact) mass is 197 g/mol. The lowest BCUT2D eigenvalue weighted by atomic mass is 10.3. The number of ether oxygens (including phenoxy) is 1. The van der Waals surface area contributed by atoms with Gasteiger partial charge in [-0.1, -0.05) is 0 Å². The highest BCUT2D eigenvalue weighted by atomic mass is 32.1. The first-order valence-corrected chi connectivity index (χ1v) is 4.64. The zero-order valence-electron chi connectivity index (χ0n) is 7.08. The Bertz CT molecular complexity index is 424. The van der Waals surface area contributed by atoms with E-state index < -0.39 is 6.67 Å². The number of alkyl halides is 1. The number of aromatic nitrogens is 1. The summed E-state index contributed by atoms with van der Waals surface area (Å²) in [5.41, 5.74) is 0.832. The molecule has 0 saturated carbocycles. The molecule has 0 aliphatic rings. The van der Waals surface area contributed by atoms with E-state index in [9.17, 15) is 4.39 Å². The third-order valence-electron chi connectivity index (χ3n) is 1.75. The standard InChI is InChI=1S/C9H8FNOS/c1-12-6-2-3-7-8(4-6)13-9(5-10)11-7/h2-4H,5H2,1H3. The van der Waals surface area contributed by atoms with E-state index in [-0.39, 0.29) is 0 Å². The summed E-state index contributed by atoms with van der Waals surface area (Å²) in [6.07, 6.45) is 0. The molecule has 13 heavy (non-hydrogen) atoms. The van der Waals surface area contributed by atoms with Gasteiger partial charge in [0.25, 0.3) is 0 Å². The molecule has 4 heteroatoms. The van der Waals surface area contributed by atoms with Gasteiger partial charge in [-0.15, -0.1) is 11.3 Å². The highest BCUT2D eigenvalue weighted by Crippen LogP contribution is 2.26. The van der Waals surface area contributed by atoms with Crippen molar-refractivity contribution in [3.05, 3.63) is 23.2 Å². The number of thiazole rings is 1. The second kappa shape index (κ2) is 3.30. The Morgan fingerprint density at radius 2 is 2.38 bits per heavy atom. The van der Waals surface area contributed by atoms with Crippen LogP contribution in [0.3, 0.4) is 0 Å². The summed E-state index contributed by atoms with van der Waals surface area (Å²) in [5.74, 6) is 0.779. The van der Waals surface area contributed by atoms with Crippen molar-refractivity contribution >= 4 is 21.6 Å². The molecule has 1 heterocycles. The van der Waals surface area contributed by atoms with Crippen LogP contribution in [0.25, 0.3) is 10.2 Å². The molecular weight excluding hydrogens is 189 g/mol. The Morgan fingerprint density at radius 3 is 3.08 bits per heavy atom. The van der Waals surface area contributed by atoms with Crippen molar-refractivity contribution in [3.63, 3.8) is 0 Å². The van der Waals surface area contributed by atoms with Crippen LogP contribution < -0.4 is 4.74 Å². The Kier molecular flexibility index (Phi) is 2.14. The van der Waals surface area contributed by atoms with Gasteiger partial charge in [-0.2, -0.15) is 0 Å². The lowest BCUT2D eigenvalue weighted by Crippen LogP contribution is -1.80. The highest BCUT2D eigenvalue weighted by Gasteiger charge is 2.03. The van der Waals surface area contributed by atoms with Crippen molar-refractivity contribution in [1.82, 2.24) is 4.98 Å². The number of hydrogen-bond donors (Lipinski definition) is 0. The van der Waals surface area contributed by atoms with Gasteiger partial charge < -0.3 is 4.74 Å². The van der Waals surface area contributed by atoms with Crippen LogP contribution >= 0.6 is 11.3 Å². The molecule has 0 spiro atoms. The van der Waals surface area contributed by atoms with Crippen LogP contribution in [0.4, 0.5) is 4.39 Å². The molecule has 0 unspecified atom stereocenters. The maximum atomic E-state index is 12.3. The van der Waals surface area contributed by atoms with Crippen LogP contribution in [-0.2, 0) is 6.67 Å². The van der Waals surface area contributed by atoms with Crippen molar-refractivity contribution in [2.45, 2.75) is 6.67 Å². The maximum Gasteiger partial charge on any atom is 0.141 e. The summed E-state index contributed by atoms with van der Waals surface area (Å²) < 4.78 is 18.3. The van der Waals surface area contributed by atoms with E-state index in [1.54, 1.807) is 7.11 Å². The number of nitrogens with zero attached hydrogens (tertiary/aromatic N) is 1. The Labute approximate surface area is 79.0 Å². The number of hydrogen-bond acceptors (Lipinski definition) is 3. The molecule has 0 aliphatic heterocycles. The van der Waals surface area contributed by atoms with Crippen LogP contribution in [-0.4, -0.2) is 12.1 Å². The summed E-state index contributed by atoms with van der Waals surface area (Å²) in [4.78, 5) is 4.09. The fourth-order valence-corrected chi connectivity index (χ4v) is 1.98. The SMILES string of the molecule is COc1ccc2nc(CF)sc2c1. The average Bonchev–Trinajstić information content (AvgIpc) is 2.58. The van der Waals surface area contributed by atoms with Crippen LogP contribution in [0.1, 0.15) is 5.01 Å². The van der Waals surface area contributed by atoms with Crippen molar-refractivity contribution in [3.8, 4) is 5.75 Å². The normalized spacial score (nSPS) is 10.6. The lowest BCUT2D eigenvalue weighted by Gasteiger charge is -1.96. The van der Waals surface area contributed by atoms with Crippen molar-refractivity contribution in [2.75, 3.05) is 7.11 Å². The Balaban J connectivity index is 2.57. The first kappa shape index (κ1) is 8.44. The van der Waals surface area contributed by atoms with Crippen LogP contribution in [0.5, 0.6) is 5.75 Å². The summed E-state index contributed by atoms with van der Waals surface area (Å²) in [5, 5.41) is 0.517. The third-order valence-corrected chi connectivity index (χ3v) is 2.74. The van der Waals surface area contributed by atoms with Gasteiger partial charge in [-0.05, 0) is 18.2 Å². The second-order valence-electron chi connectivity index (χ2n) is 2.57. The van der Waals surface area contributed by atoms with Crippen molar-refractivity contribution in [2.24, 2.45) is 0 Å². The molecule has 0 atom stereocenters. The molecule has 0 saturated heterocycles. The summed E-state index contributed by atoms with van der Waals surface area (Å²) in [7, 11) is 1.61. The quantitative estimate of drug-likeness (QED) is 0.738. The molecule has 1 aromatic carbocycles. The van der Waals surface area contributed by atoms with E-state index in [0.29, 0.717) is 5.01 Å². The predicted molar refractivity (Wildman–Crippen MR) is 51.0 cm³/mol. The molecule has 0 fully saturated rings. The molecule has 0 bridgehead atoms. The van der Waals surface area contributed by atoms with Gasteiger partial charge in [-0.25, -0.2) is 9.37 Å². The molecule has 0 amide bonds. The fourth-order valence-electron chi connectivity index (χ4n) is 1.14. The molecule has 2 rings (SSSR count). The Hall–Kier alpha value is -1.16. The Morgan fingerprint density at radius 1 is 1.54 bits per heavy atom. The smallest absolute Gasteiger partial charge is 0.141 e. The zero-order chi connectivity index (χ0) is 9.26. The fraction of sp³-hybridized carbons (Fsp3) is 0.222. The highest BCUT2D eigenvalue weighted by molar-refractivity contribution is 7.18. The molecule has 1 aromatic heterocycles. The predicted octanol–water partition coefficient (Wildman–Crippen LogP) is 2.77. The van der Waals surface area contributed by atoms with Crippen molar-refractivity contribution in [1.29, 1.82) is 0 Å². The second-order valence-corrected chi connectivity index (χ2v) is 3.69. The topological polar surface area (TPSA) is 22.1 Å². The zero-order valence-corrected chi connectivity index (χ0v) is 7.90. The summed E-state index contributed by atoms with van der Waals surface area (Å²) in [6.45, 7) is -0.498. The number of rotatable bonds is 2. The number of methoxy groups -OCH3 is 1. The minimum Gasteiger partial charge on any atom is -0.497 e. The van der Waals surface area contributed by atoms with E-state index in [0.717, 1.165) is 16.0 Å². The van der Waals surface area contributed by atoms with Gasteiger partial charge in [0.1, 0.15) is 17.4 Å². The van der Waals surface area contributed by atoms with E-state index in [1.807, 2.05) is 18.2 Å². The van der Waals surface area contributed by atoms with Gasteiger partial charge in [-0.3, -0.25) is 0 Å². The first-order chi connectivity index (χ1) is 6.33. The van der Waals surface area contributed by atoms with E-state index in [4.69, 9.17) is 4.74 Å². The molecule has 2 nitrogen and oxygen atoms in total. The number of halogens is 1. The molecule has 68 valence electrons. The minimum absolute atomic E-state index is 0.498. The lowest BCUT2D eigenvalue weighted by molar-refractivity contribution is 0.415. The van der Waals surface area contributed by atoms with Crippen LogP contribution in [0.2, 0.25) is 0 Å². The van der Waals surface area contributed by atoms with Gasteiger partial charge in [0.2, 0.25) is 0 Å². The van der Waals surface area contributed by atoms with Gasteiger partial charge in [0.15, 0.2) is 0 Å². The molecule has 2 aromatic rings. The summed E-state index contributed by atoms with van der Waals surface area (Å²) >= 11 is 1.36. The largest absolute Gasteiger partial charge is 0.497 e. The van der Waals surface area contributed by atoms with E-state index >= 15 is 0 Å². The van der Waals surface area contributed by atoms with Crippen molar-refractivity contribution < 1.29 is 9.13 Å². The number of benzene rings is 1. The molecule has 0 radical (unpaired) electrons. The van der Waals surface area contributed by atoms with Gasteiger partial charge in [0.05, 0.1) is 17.3 Å². The van der Waals surface area contributed by atoms with Gasteiger partial charge >= 0.3 is 0 Å². The summed E-state index contributed by atoms with van der Waals surface area (Å²) in [6, 6.07) is 5.53. The third kappa shape index (κ3) is 1.49. The molecule has 0 N–H and O–H groups in total. The van der Waals surface area contributed by atoms with Gasteiger partial charge in [0, 0.05) is 0 Å².